The molecule has 0 aliphatic carbocycles. The van der Waals surface area contributed by atoms with Crippen LogP contribution in [0.3, 0.4) is 0 Å². The third-order valence-electron chi connectivity index (χ3n) is 7.51. The Kier molecular flexibility index (Phi) is 11.9. The van der Waals surface area contributed by atoms with Crippen LogP contribution >= 0.6 is 34.8 Å². The predicted molar refractivity (Wildman–Crippen MR) is 182 cm³/mol. The van der Waals surface area contributed by atoms with Crippen molar-refractivity contribution in [2.75, 3.05) is 17.2 Å². The summed E-state index contributed by atoms with van der Waals surface area (Å²) >= 11 is 18.6. The van der Waals surface area contributed by atoms with Crippen molar-refractivity contribution >= 4 is 64.0 Å². The smallest absolute Gasteiger partial charge is 0.329 e. The number of nitrogens with zero attached hydrogens (tertiary/aromatic N) is 3. The summed E-state index contributed by atoms with van der Waals surface area (Å²) in [6.45, 7) is 6.25. The van der Waals surface area contributed by atoms with Crippen LogP contribution in [0.2, 0.25) is 15.1 Å². The van der Waals surface area contributed by atoms with Gasteiger partial charge in [-0.1, -0.05) is 34.8 Å². The van der Waals surface area contributed by atoms with Gasteiger partial charge in [-0.25, -0.2) is 9.80 Å². The van der Waals surface area contributed by atoms with Gasteiger partial charge in [-0.05, 0) is 94.3 Å². The lowest BCUT2D eigenvalue weighted by Crippen LogP contribution is -2.63. The number of carbonyl (C=O) groups is 3. The maximum Gasteiger partial charge on any atom is 0.329 e. The highest BCUT2D eigenvalue weighted by Crippen LogP contribution is 2.31. The molecular weight excluding hydrogens is 683 g/mol. The van der Waals surface area contributed by atoms with Gasteiger partial charge in [0.05, 0.1) is 33.3 Å². The Balaban J connectivity index is 2.03. The van der Waals surface area contributed by atoms with E-state index in [-0.39, 0.29) is 32.4 Å². The molecule has 15 heteroatoms. The molecule has 1 unspecified atom stereocenters. The van der Waals surface area contributed by atoms with Crippen molar-refractivity contribution in [3.8, 4) is 12.1 Å². The van der Waals surface area contributed by atoms with Crippen LogP contribution in [0.1, 0.15) is 53.4 Å². The van der Waals surface area contributed by atoms with Crippen molar-refractivity contribution in [2.24, 2.45) is 0 Å². The van der Waals surface area contributed by atoms with Crippen LogP contribution in [0, 0.1) is 36.5 Å². The largest absolute Gasteiger partial charge is 0.480 e. The number of aliphatic carboxylic acids is 1. The minimum absolute atomic E-state index is 0.0348. The highest BCUT2D eigenvalue weighted by Gasteiger charge is 2.43. The molecule has 0 spiro atoms. The molecule has 3 aromatic carbocycles. The monoisotopic (exact) mass is 714 g/mol. The first kappa shape index (κ1) is 37.9. The molecule has 3 atom stereocenters. The van der Waals surface area contributed by atoms with Gasteiger partial charge in [-0.2, -0.15) is 10.5 Å². The zero-order chi connectivity index (χ0) is 36.1. The van der Waals surface area contributed by atoms with Gasteiger partial charge in [-0.15, -0.1) is 0 Å². The Morgan fingerprint density at radius 2 is 1.27 bits per heavy atom. The summed E-state index contributed by atoms with van der Waals surface area (Å²) in [5.41, 5.74) is 0.0748. The predicted octanol–water partition coefficient (Wildman–Crippen LogP) is 5.05. The first-order valence-corrected chi connectivity index (χ1v) is 15.4. The number of carboxylic acid groups (broad SMARTS) is 1. The lowest BCUT2D eigenvalue weighted by Gasteiger charge is -2.38. The second kappa shape index (κ2) is 15.1. The van der Waals surface area contributed by atoms with E-state index in [1.165, 1.54) is 62.4 Å². The fraction of sp³-hybridized carbons (Fsp3) is 0.303. The topological polar surface area (TPSA) is 199 Å². The maximum absolute atomic E-state index is 13.8. The van der Waals surface area contributed by atoms with E-state index in [2.05, 4.69) is 16.1 Å². The number of rotatable bonds is 11. The van der Waals surface area contributed by atoms with Crippen molar-refractivity contribution < 1.29 is 29.7 Å². The van der Waals surface area contributed by atoms with E-state index in [9.17, 15) is 40.2 Å². The van der Waals surface area contributed by atoms with E-state index in [0.29, 0.717) is 21.8 Å². The average molecular weight is 716 g/mol. The number of benzene rings is 3. The second-order valence-corrected chi connectivity index (χ2v) is 13.0. The van der Waals surface area contributed by atoms with E-state index in [0.717, 1.165) is 11.9 Å². The number of anilines is 2. The maximum atomic E-state index is 13.8. The molecule has 6 N–H and O–H groups in total. The molecule has 0 aromatic heterocycles. The number of carboxylic acids is 1. The summed E-state index contributed by atoms with van der Waals surface area (Å²) in [5, 5.41) is 58.3. The number of hydrogen-bond acceptors (Lipinski definition) is 9. The lowest BCUT2D eigenvalue weighted by molar-refractivity contribution is -0.144. The van der Waals surface area contributed by atoms with Crippen molar-refractivity contribution in [2.45, 2.75) is 57.9 Å². The van der Waals surface area contributed by atoms with Crippen molar-refractivity contribution in [1.29, 1.82) is 10.5 Å². The average Bonchev–Trinajstić information content (AvgIpc) is 3.01. The van der Waals surface area contributed by atoms with Crippen molar-refractivity contribution in [1.82, 2.24) is 10.4 Å². The molecule has 0 saturated heterocycles. The SMILES string of the molecule is Cc1c(NC(C(=O)NN(C[C@@](C)(O)[C@@H](Nc2ccc(C#N)c(Cl)c2C)C(=O)O)C(=O)c2ccc(Cl)cc2)C(C)(C)O)ccc(C#N)c1Cl. The Morgan fingerprint density at radius 1 is 0.812 bits per heavy atom. The van der Waals surface area contributed by atoms with E-state index < -0.39 is 47.6 Å². The summed E-state index contributed by atoms with van der Waals surface area (Å²) < 4.78 is 0. The van der Waals surface area contributed by atoms with Gasteiger partial charge in [0.1, 0.15) is 23.8 Å². The number of hydrogen-bond donors (Lipinski definition) is 6. The van der Waals surface area contributed by atoms with E-state index >= 15 is 0 Å². The number of aliphatic hydroxyl groups is 2. The van der Waals surface area contributed by atoms with Crippen LogP contribution in [-0.4, -0.2) is 67.9 Å². The van der Waals surface area contributed by atoms with Crippen LogP contribution in [0.25, 0.3) is 0 Å². The summed E-state index contributed by atoms with van der Waals surface area (Å²) in [6, 6.07) is 12.1. The van der Waals surface area contributed by atoms with Gasteiger partial charge in [0.2, 0.25) is 0 Å². The first-order valence-electron chi connectivity index (χ1n) is 14.3. The highest BCUT2D eigenvalue weighted by atomic mass is 35.5. The minimum Gasteiger partial charge on any atom is -0.480 e. The number of carbonyl (C=O) groups excluding carboxylic acids is 2. The molecular formula is C33H33Cl3N6O6. The molecule has 3 rings (SSSR count). The van der Waals surface area contributed by atoms with Gasteiger partial charge < -0.3 is 26.0 Å². The zero-order valence-corrected chi connectivity index (χ0v) is 28.8. The van der Waals surface area contributed by atoms with Gasteiger partial charge in [0.25, 0.3) is 11.8 Å². The van der Waals surface area contributed by atoms with Crippen molar-refractivity contribution in [3.63, 3.8) is 0 Å². The van der Waals surface area contributed by atoms with Crippen LogP contribution < -0.4 is 16.1 Å². The fourth-order valence-electron chi connectivity index (χ4n) is 4.73. The molecule has 12 nitrogen and oxygen atoms in total. The third-order valence-corrected chi connectivity index (χ3v) is 8.74. The molecule has 0 aliphatic rings. The van der Waals surface area contributed by atoms with Crippen LogP contribution in [0.15, 0.2) is 48.5 Å². The Labute approximate surface area is 292 Å². The quantitative estimate of drug-likeness (QED) is 0.146. The molecule has 0 aliphatic heterocycles. The Morgan fingerprint density at radius 3 is 1.69 bits per heavy atom. The van der Waals surface area contributed by atoms with Gasteiger partial charge in [-0.3, -0.25) is 15.0 Å². The zero-order valence-electron chi connectivity index (χ0n) is 26.5. The normalized spacial score (nSPS) is 13.6. The van der Waals surface area contributed by atoms with E-state index in [1.807, 2.05) is 12.1 Å². The Bertz CT molecular complexity index is 1810. The molecule has 48 heavy (non-hydrogen) atoms. The van der Waals surface area contributed by atoms with Gasteiger partial charge in [0, 0.05) is 22.0 Å². The molecule has 2 amide bonds. The van der Waals surface area contributed by atoms with Gasteiger partial charge >= 0.3 is 5.97 Å². The molecule has 3 aromatic rings. The number of nitriles is 2. The summed E-state index contributed by atoms with van der Waals surface area (Å²) in [4.78, 5) is 40.2. The number of amides is 2. The summed E-state index contributed by atoms with van der Waals surface area (Å²) in [6.07, 6.45) is 0. The van der Waals surface area contributed by atoms with Crippen LogP contribution in [0.5, 0.6) is 0 Å². The molecule has 0 fully saturated rings. The molecule has 0 bridgehead atoms. The molecule has 252 valence electrons. The van der Waals surface area contributed by atoms with Crippen molar-refractivity contribution in [3.05, 3.63) is 91.4 Å². The standard InChI is InChI=1S/C33H33Cl3N6O6/c1-17-23(12-8-20(14-37)25(17)35)39-27(32(3,4)47)29(43)41-42(30(44)19-6-10-22(34)11-7-19)16-33(5,48)28(31(45)46)40-24-13-9-21(15-38)26(36)18(24)2/h6-13,27-28,39-40,47-48H,16H2,1-5H3,(H,41,43)(H,45,46)/t27?,28-,33+/m0/s1. The number of halogens is 3. The highest BCUT2D eigenvalue weighted by molar-refractivity contribution is 6.33. The van der Waals surface area contributed by atoms with E-state index in [4.69, 9.17) is 34.8 Å². The molecule has 0 radical (unpaired) electrons. The van der Waals surface area contributed by atoms with Gasteiger partial charge in [0.15, 0.2) is 6.04 Å². The minimum atomic E-state index is -2.27. The molecule has 0 saturated carbocycles. The summed E-state index contributed by atoms with van der Waals surface area (Å²) in [7, 11) is 0. The van der Waals surface area contributed by atoms with E-state index in [1.54, 1.807) is 13.8 Å². The third kappa shape index (κ3) is 8.66. The lowest BCUT2D eigenvalue weighted by atomic mass is 9.94. The fourth-order valence-corrected chi connectivity index (χ4v) is 5.27. The van der Waals surface area contributed by atoms with Crippen LogP contribution in [0.4, 0.5) is 11.4 Å². The number of hydrazine groups is 1. The molecule has 0 heterocycles. The number of nitrogens with one attached hydrogen (secondary N) is 3. The summed E-state index contributed by atoms with van der Waals surface area (Å²) in [5.74, 6) is -3.28. The van der Waals surface area contributed by atoms with Crippen LogP contribution in [-0.2, 0) is 9.59 Å². The second-order valence-electron chi connectivity index (χ2n) is 11.8. The first-order chi connectivity index (χ1) is 22.3. The Hall–Kier alpha value is -4.56.